The first-order chi connectivity index (χ1) is 10.0. The van der Waals surface area contributed by atoms with E-state index in [-0.39, 0.29) is 11.2 Å². The summed E-state index contributed by atoms with van der Waals surface area (Å²) in [4.78, 5) is 12.2. The molecule has 1 aromatic heterocycles. The number of hydrogen-bond donors (Lipinski definition) is 2. The van der Waals surface area contributed by atoms with Crippen molar-refractivity contribution in [2.24, 2.45) is 0 Å². The molecular weight excluding hydrogens is 400 g/mol. The van der Waals surface area contributed by atoms with Crippen molar-refractivity contribution in [1.29, 1.82) is 0 Å². The second-order valence-electron chi connectivity index (χ2n) is 4.03. The Morgan fingerprint density at radius 2 is 1.76 bits per heavy atom. The largest absolute Gasteiger partial charge is 0.354 e. The fourth-order valence-corrected chi connectivity index (χ4v) is 2.45. The van der Waals surface area contributed by atoms with Crippen molar-refractivity contribution in [3.63, 3.8) is 0 Å². The molecule has 0 saturated heterocycles. The number of nitrogens with zero attached hydrogens (tertiary/aromatic N) is 3. The van der Waals surface area contributed by atoms with E-state index in [0.29, 0.717) is 26.2 Å². The van der Waals surface area contributed by atoms with Gasteiger partial charge < -0.3 is 10.6 Å². The summed E-state index contributed by atoms with van der Waals surface area (Å²) in [5.74, 6) is 0.688. The van der Waals surface area contributed by atoms with Crippen molar-refractivity contribution in [1.82, 2.24) is 15.0 Å². The van der Waals surface area contributed by atoms with E-state index in [0.717, 1.165) is 13.0 Å². The average molecular weight is 412 g/mol. The Bertz CT molecular complexity index is 653. The minimum absolute atomic E-state index is 0.0884. The summed E-state index contributed by atoms with van der Waals surface area (Å²) in [5, 5.41) is 6.88. The molecule has 2 aromatic rings. The number of rotatable bonds is 5. The summed E-state index contributed by atoms with van der Waals surface area (Å²) >= 11 is 21.4. The van der Waals surface area contributed by atoms with Crippen molar-refractivity contribution in [2.45, 2.75) is 13.3 Å². The monoisotopic (exact) mass is 409 g/mol. The van der Waals surface area contributed by atoms with Crippen molar-refractivity contribution in [3.05, 3.63) is 31.9 Å². The highest BCUT2D eigenvalue weighted by Gasteiger charge is 2.11. The predicted octanol–water partition coefficient (Wildman–Crippen LogP) is 5.16. The lowest BCUT2D eigenvalue weighted by atomic mass is 10.3. The Morgan fingerprint density at radius 3 is 2.48 bits per heavy atom. The lowest BCUT2D eigenvalue weighted by Crippen LogP contribution is -2.08. The van der Waals surface area contributed by atoms with Crippen LogP contribution in [0.2, 0.25) is 15.3 Å². The molecule has 5 nitrogen and oxygen atoms in total. The van der Waals surface area contributed by atoms with Crippen molar-refractivity contribution in [2.75, 3.05) is 17.2 Å². The molecule has 0 amide bonds. The van der Waals surface area contributed by atoms with Crippen LogP contribution in [0.3, 0.4) is 0 Å². The van der Waals surface area contributed by atoms with Gasteiger partial charge in [-0.05, 0) is 46.1 Å². The maximum Gasteiger partial charge on any atom is 0.233 e. The van der Waals surface area contributed by atoms with Gasteiger partial charge in [0.1, 0.15) is 0 Å². The Labute approximate surface area is 145 Å². The number of anilines is 3. The molecule has 0 bridgehead atoms. The lowest BCUT2D eigenvalue weighted by molar-refractivity contribution is 0.940. The fourth-order valence-electron chi connectivity index (χ4n) is 1.46. The van der Waals surface area contributed by atoms with E-state index in [1.54, 1.807) is 12.1 Å². The van der Waals surface area contributed by atoms with E-state index in [1.807, 2.05) is 6.92 Å². The molecule has 0 aliphatic carbocycles. The molecule has 1 aromatic carbocycles. The van der Waals surface area contributed by atoms with Gasteiger partial charge in [0.2, 0.25) is 17.2 Å². The van der Waals surface area contributed by atoms with Crippen LogP contribution in [0.15, 0.2) is 16.6 Å². The van der Waals surface area contributed by atoms with Crippen molar-refractivity contribution < 1.29 is 0 Å². The van der Waals surface area contributed by atoms with E-state index in [2.05, 4.69) is 41.5 Å². The first kappa shape index (κ1) is 16.5. The van der Waals surface area contributed by atoms with E-state index < -0.39 is 0 Å². The zero-order valence-electron chi connectivity index (χ0n) is 10.9. The zero-order valence-corrected chi connectivity index (χ0v) is 14.8. The smallest absolute Gasteiger partial charge is 0.233 e. The SMILES string of the molecule is CCCNc1nc(Cl)nc(Nc2ccc(Br)c(Cl)c2Cl)n1. The fraction of sp³-hybridized carbons (Fsp3) is 0.250. The first-order valence-electron chi connectivity index (χ1n) is 6.07. The Hall–Kier alpha value is -0.820. The molecule has 21 heavy (non-hydrogen) atoms. The summed E-state index contributed by atoms with van der Waals surface area (Å²) < 4.78 is 0.707. The Morgan fingerprint density at radius 1 is 1.05 bits per heavy atom. The quantitative estimate of drug-likeness (QED) is 0.666. The number of benzene rings is 1. The second-order valence-corrected chi connectivity index (χ2v) is 5.97. The van der Waals surface area contributed by atoms with Crippen molar-refractivity contribution in [3.8, 4) is 0 Å². The van der Waals surface area contributed by atoms with Crippen LogP contribution in [-0.2, 0) is 0 Å². The average Bonchev–Trinajstić information content (AvgIpc) is 2.45. The summed E-state index contributed by atoms with van der Waals surface area (Å²) in [6.45, 7) is 2.78. The predicted molar refractivity (Wildman–Crippen MR) is 91.1 cm³/mol. The van der Waals surface area contributed by atoms with Crippen LogP contribution in [0, 0.1) is 0 Å². The molecule has 0 saturated carbocycles. The molecule has 0 unspecified atom stereocenters. The van der Waals surface area contributed by atoms with Crippen LogP contribution < -0.4 is 10.6 Å². The van der Waals surface area contributed by atoms with Gasteiger partial charge in [0.05, 0.1) is 15.7 Å². The molecule has 0 atom stereocenters. The molecule has 0 radical (unpaired) electrons. The normalized spacial score (nSPS) is 10.5. The highest BCUT2D eigenvalue weighted by Crippen LogP contribution is 2.36. The first-order valence-corrected chi connectivity index (χ1v) is 8.00. The molecule has 9 heteroatoms. The molecule has 0 aliphatic heterocycles. The summed E-state index contributed by atoms with van der Waals surface area (Å²) in [6, 6.07) is 3.53. The minimum Gasteiger partial charge on any atom is -0.354 e. The number of nitrogens with one attached hydrogen (secondary N) is 2. The van der Waals surface area contributed by atoms with Crippen LogP contribution in [0.25, 0.3) is 0 Å². The van der Waals surface area contributed by atoms with Gasteiger partial charge in [0.25, 0.3) is 0 Å². The van der Waals surface area contributed by atoms with Gasteiger partial charge in [-0.3, -0.25) is 0 Å². The van der Waals surface area contributed by atoms with E-state index >= 15 is 0 Å². The van der Waals surface area contributed by atoms with E-state index in [1.165, 1.54) is 0 Å². The van der Waals surface area contributed by atoms with Gasteiger partial charge in [-0.2, -0.15) is 15.0 Å². The molecule has 2 rings (SSSR count). The summed E-state index contributed by atoms with van der Waals surface area (Å²) in [7, 11) is 0. The van der Waals surface area contributed by atoms with Gasteiger partial charge in [0.15, 0.2) is 0 Å². The second kappa shape index (κ2) is 7.45. The topological polar surface area (TPSA) is 62.7 Å². The van der Waals surface area contributed by atoms with Gasteiger partial charge in [-0.25, -0.2) is 0 Å². The highest BCUT2D eigenvalue weighted by molar-refractivity contribution is 9.10. The molecule has 1 heterocycles. The van der Waals surface area contributed by atoms with Crippen molar-refractivity contribution >= 4 is 68.3 Å². The van der Waals surface area contributed by atoms with E-state index in [4.69, 9.17) is 34.8 Å². The molecular formula is C12H11BrCl3N5. The standard InChI is InChI=1S/C12H11BrCl3N5/c1-2-5-17-11-19-10(16)20-12(21-11)18-7-4-3-6(13)8(14)9(7)15/h3-4H,2,5H2,1H3,(H2,17,18,19,20,21). The summed E-state index contributed by atoms with van der Waals surface area (Å²) in [5.41, 5.74) is 0.577. The lowest BCUT2D eigenvalue weighted by Gasteiger charge is -2.10. The number of aromatic nitrogens is 3. The van der Waals surface area contributed by atoms with Gasteiger partial charge in [-0.15, -0.1) is 0 Å². The number of halogens is 4. The minimum atomic E-state index is 0.0884. The third-order valence-corrected chi connectivity index (χ3v) is 4.36. The van der Waals surface area contributed by atoms with Gasteiger partial charge in [0, 0.05) is 11.0 Å². The summed E-state index contributed by atoms with van der Waals surface area (Å²) in [6.07, 6.45) is 0.945. The van der Waals surface area contributed by atoms with Crippen LogP contribution in [0.5, 0.6) is 0 Å². The Balaban J connectivity index is 2.27. The van der Waals surface area contributed by atoms with Crippen LogP contribution >= 0.6 is 50.7 Å². The zero-order chi connectivity index (χ0) is 15.4. The highest BCUT2D eigenvalue weighted by atomic mass is 79.9. The molecule has 0 spiro atoms. The van der Waals surface area contributed by atoms with Gasteiger partial charge >= 0.3 is 0 Å². The third kappa shape index (κ3) is 4.32. The maximum absolute atomic E-state index is 6.17. The number of hydrogen-bond acceptors (Lipinski definition) is 5. The molecule has 0 aliphatic rings. The van der Waals surface area contributed by atoms with Gasteiger partial charge in [-0.1, -0.05) is 30.1 Å². The molecule has 2 N–H and O–H groups in total. The molecule has 0 fully saturated rings. The van der Waals surface area contributed by atoms with E-state index in [9.17, 15) is 0 Å². The maximum atomic E-state index is 6.17. The Kier molecular flexibility index (Phi) is 5.87. The van der Waals surface area contributed by atoms with Crippen LogP contribution in [0.1, 0.15) is 13.3 Å². The molecule has 112 valence electrons. The third-order valence-electron chi connectivity index (χ3n) is 2.42. The van der Waals surface area contributed by atoms with Crippen LogP contribution in [0.4, 0.5) is 17.6 Å². The van der Waals surface area contributed by atoms with Crippen LogP contribution in [-0.4, -0.2) is 21.5 Å².